The van der Waals surface area contributed by atoms with Crippen LogP contribution in [0.15, 0.2) is 29.2 Å². The first-order chi connectivity index (χ1) is 11.4. The first kappa shape index (κ1) is 17.9. The molecule has 0 N–H and O–H groups in total. The van der Waals surface area contributed by atoms with Gasteiger partial charge in [-0.1, -0.05) is 24.6 Å². The van der Waals surface area contributed by atoms with Crippen LogP contribution in [-0.2, 0) is 23.8 Å². The van der Waals surface area contributed by atoms with Crippen molar-refractivity contribution in [2.45, 2.75) is 56.6 Å². The average Bonchev–Trinajstić information content (AvgIpc) is 3.04. The number of hydrogen-bond donors (Lipinski definition) is 0. The molecule has 1 saturated heterocycles. The Morgan fingerprint density at radius 1 is 1.04 bits per heavy atom. The molecule has 0 radical (unpaired) electrons. The second-order valence-electron chi connectivity index (χ2n) is 6.99. The van der Waals surface area contributed by atoms with Crippen LogP contribution in [0.25, 0.3) is 0 Å². The van der Waals surface area contributed by atoms with Crippen molar-refractivity contribution in [3.63, 3.8) is 0 Å². The Kier molecular flexibility index (Phi) is 5.02. The quantitative estimate of drug-likeness (QED) is 0.758. The van der Waals surface area contributed by atoms with Gasteiger partial charge in [0.15, 0.2) is 5.79 Å². The van der Waals surface area contributed by atoms with Crippen LogP contribution in [-0.4, -0.2) is 34.0 Å². The SMILES string of the molecule is CCC1(COS(=O)(=O)c2ccc(C)cc2)CCC2(CC1)OCCO2. The van der Waals surface area contributed by atoms with E-state index in [0.29, 0.717) is 13.2 Å². The summed E-state index contributed by atoms with van der Waals surface area (Å²) in [4.78, 5) is 0.217. The second-order valence-corrected chi connectivity index (χ2v) is 8.61. The van der Waals surface area contributed by atoms with Gasteiger partial charge in [-0.15, -0.1) is 0 Å². The highest BCUT2D eigenvalue weighted by Gasteiger charge is 2.46. The summed E-state index contributed by atoms with van der Waals surface area (Å²) in [6.07, 6.45) is 4.19. The fourth-order valence-electron chi connectivity index (χ4n) is 3.52. The van der Waals surface area contributed by atoms with E-state index >= 15 is 0 Å². The summed E-state index contributed by atoms with van der Waals surface area (Å²) in [6, 6.07) is 6.76. The zero-order valence-electron chi connectivity index (χ0n) is 14.4. The highest BCUT2D eigenvalue weighted by Crippen LogP contribution is 2.47. The Hall–Kier alpha value is -0.950. The molecule has 134 valence electrons. The zero-order valence-corrected chi connectivity index (χ0v) is 15.2. The maximum atomic E-state index is 12.4. The summed E-state index contributed by atoms with van der Waals surface area (Å²) in [5, 5.41) is 0. The predicted molar refractivity (Wildman–Crippen MR) is 90.1 cm³/mol. The van der Waals surface area contributed by atoms with Gasteiger partial charge in [0.05, 0.1) is 24.7 Å². The van der Waals surface area contributed by atoms with Gasteiger partial charge < -0.3 is 9.47 Å². The maximum absolute atomic E-state index is 12.4. The lowest BCUT2D eigenvalue weighted by Gasteiger charge is -2.42. The fraction of sp³-hybridized carbons (Fsp3) is 0.667. The molecule has 0 unspecified atom stereocenters. The number of hydrogen-bond acceptors (Lipinski definition) is 5. The zero-order chi connectivity index (χ0) is 17.3. The molecule has 3 rings (SSSR count). The third-order valence-electron chi connectivity index (χ3n) is 5.47. The third kappa shape index (κ3) is 3.67. The van der Waals surface area contributed by atoms with Crippen molar-refractivity contribution in [2.75, 3.05) is 19.8 Å². The van der Waals surface area contributed by atoms with Gasteiger partial charge in [-0.3, -0.25) is 4.18 Å². The molecule has 1 spiro atoms. The molecule has 0 aromatic heterocycles. The summed E-state index contributed by atoms with van der Waals surface area (Å²) >= 11 is 0. The number of benzene rings is 1. The highest BCUT2D eigenvalue weighted by molar-refractivity contribution is 7.86. The topological polar surface area (TPSA) is 61.8 Å². The van der Waals surface area contributed by atoms with E-state index < -0.39 is 15.9 Å². The molecule has 2 fully saturated rings. The molecular weight excluding hydrogens is 328 g/mol. The fourth-order valence-corrected chi connectivity index (χ4v) is 4.53. The van der Waals surface area contributed by atoms with Gasteiger partial charge >= 0.3 is 0 Å². The normalized spacial score (nSPS) is 22.8. The Bertz CT molecular complexity index is 649. The summed E-state index contributed by atoms with van der Waals surface area (Å²) in [5.74, 6) is -0.436. The van der Waals surface area contributed by atoms with Crippen LogP contribution in [0, 0.1) is 12.3 Å². The minimum Gasteiger partial charge on any atom is -0.348 e. The Morgan fingerprint density at radius 3 is 2.17 bits per heavy atom. The lowest BCUT2D eigenvalue weighted by molar-refractivity contribution is -0.194. The van der Waals surface area contributed by atoms with E-state index in [-0.39, 0.29) is 16.9 Å². The van der Waals surface area contributed by atoms with Gasteiger partial charge in [0.1, 0.15) is 0 Å². The van der Waals surface area contributed by atoms with Gasteiger partial charge in [-0.25, -0.2) is 0 Å². The number of aryl methyl sites for hydroxylation is 1. The van der Waals surface area contributed by atoms with Crippen LogP contribution in [0.1, 0.15) is 44.6 Å². The third-order valence-corrected chi connectivity index (χ3v) is 6.74. The molecule has 1 saturated carbocycles. The van der Waals surface area contributed by atoms with E-state index in [1.165, 1.54) is 0 Å². The Morgan fingerprint density at radius 2 is 1.62 bits per heavy atom. The van der Waals surface area contributed by atoms with Crippen molar-refractivity contribution < 1.29 is 22.1 Å². The highest BCUT2D eigenvalue weighted by atomic mass is 32.2. The van der Waals surface area contributed by atoms with E-state index in [0.717, 1.165) is 37.7 Å². The molecule has 0 atom stereocenters. The maximum Gasteiger partial charge on any atom is 0.296 e. The van der Waals surface area contributed by atoms with E-state index in [1.807, 2.05) is 6.92 Å². The molecular formula is C18H26O5S. The van der Waals surface area contributed by atoms with Crippen LogP contribution in [0.2, 0.25) is 0 Å². The van der Waals surface area contributed by atoms with Crippen molar-refractivity contribution in [3.8, 4) is 0 Å². The summed E-state index contributed by atoms with van der Waals surface area (Å²) in [7, 11) is -3.71. The molecule has 5 nitrogen and oxygen atoms in total. The molecule has 1 aromatic carbocycles. The predicted octanol–water partition coefficient (Wildman–Crippen LogP) is 3.41. The second kappa shape index (κ2) is 6.75. The first-order valence-electron chi connectivity index (χ1n) is 8.63. The summed E-state index contributed by atoms with van der Waals surface area (Å²) in [5.41, 5.74) is 0.895. The van der Waals surface area contributed by atoms with E-state index in [4.69, 9.17) is 13.7 Å². The van der Waals surface area contributed by atoms with Crippen LogP contribution in [0.4, 0.5) is 0 Å². The Balaban J connectivity index is 1.64. The van der Waals surface area contributed by atoms with Gasteiger partial charge in [0.2, 0.25) is 0 Å². The van der Waals surface area contributed by atoms with E-state index in [2.05, 4.69) is 6.92 Å². The molecule has 24 heavy (non-hydrogen) atoms. The van der Waals surface area contributed by atoms with Crippen molar-refractivity contribution in [3.05, 3.63) is 29.8 Å². The molecule has 1 aliphatic carbocycles. The van der Waals surface area contributed by atoms with Crippen LogP contribution in [0.3, 0.4) is 0 Å². The number of ether oxygens (including phenoxy) is 2. The minimum absolute atomic E-state index is 0.127. The molecule has 0 amide bonds. The monoisotopic (exact) mass is 354 g/mol. The average molecular weight is 354 g/mol. The van der Waals surface area contributed by atoms with Crippen LogP contribution < -0.4 is 0 Å². The van der Waals surface area contributed by atoms with Crippen molar-refractivity contribution in [1.29, 1.82) is 0 Å². The van der Waals surface area contributed by atoms with Crippen LogP contribution >= 0.6 is 0 Å². The van der Waals surface area contributed by atoms with E-state index in [9.17, 15) is 8.42 Å². The van der Waals surface area contributed by atoms with Crippen molar-refractivity contribution in [1.82, 2.24) is 0 Å². The minimum atomic E-state index is -3.71. The Labute approximate surface area is 144 Å². The molecule has 1 heterocycles. The molecule has 0 bridgehead atoms. The van der Waals surface area contributed by atoms with Gasteiger partial charge in [-0.05, 0) is 43.7 Å². The van der Waals surface area contributed by atoms with Gasteiger partial charge in [-0.2, -0.15) is 8.42 Å². The number of rotatable bonds is 5. The van der Waals surface area contributed by atoms with Gasteiger partial charge in [0, 0.05) is 12.8 Å². The molecule has 2 aliphatic rings. The lowest BCUT2D eigenvalue weighted by atomic mass is 9.71. The smallest absolute Gasteiger partial charge is 0.296 e. The standard InChI is InChI=1S/C18H26O5S/c1-3-17(8-10-18(11-9-17)21-12-13-22-18)14-23-24(19,20)16-6-4-15(2)5-7-16/h4-7H,3,8-14H2,1-2H3. The molecule has 1 aromatic rings. The lowest BCUT2D eigenvalue weighted by Crippen LogP contribution is -2.42. The van der Waals surface area contributed by atoms with Crippen molar-refractivity contribution >= 4 is 10.1 Å². The van der Waals surface area contributed by atoms with Gasteiger partial charge in [0.25, 0.3) is 10.1 Å². The first-order valence-corrected chi connectivity index (χ1v) is 10.0. The molecule has 1 aliphatic heterocycles. The van der Waals surface area contributed by atoms with Crippen molar-refractivity contribution in [2.24, 2.45) is 5.41 Å². The van der Waals surface area contributed by atoms with E-state index in [1.54, 1.807) is 24.3 Å². The van der Waals surface area contributed by atoms with Crippen LogP contribution in [0.5, 0.6) is 0 Å². The largest absolute Gasteiger partial charge is 0.348 e. The summed E-state index contributed by atoms with van der Waals surface area (Å²) < 4.78 is 41.8. The summed E-state index contributed by atoms with van der Waals surface area (Å²) in [6.45, 7) is 5.54. The molecule has 6 heteroatoms.